The molecule has 2 N–H and O–H groups in total. The fraction of sp³-hybridized carbons (Fsp3) is 0.857. The summed E-state index contributed by atoms with van der Waals surface area (Å²) >= 11 is 0. The second-order valence-electron chi connectivity index (χ2n) is 1.65. The van der Waals surface area contributed by atoms with Gasteiger partial charge in [0.1, 0.15) is 0 Å². The Morgan fingerprint density at radius 1 is 1.22 bits per heavy atom. The molecule has 1 radical (unpaired) electrons. The van der Waals surface area contributed by atoms with Gasteiger partial charge in [0.05, 0.1) is 0 Å². The van der Waals surface area contributed by atoms with E-state index >= 15 is 0 Å². The maximum Gasteiger partial charge on any atom is 0.0452 e. The van der Waals surface area contributed by atoms with Crippen LogP contribution in [0.5, 0.6) is 0 Å². The molecular weight excluding hydrogens is 116 g/mol. The van der Waals surface area contributed by atoms with Crippen LogP contribution in [0.3, 0.4) is 0 Å². The van der Waals surface area contributed by atoms with Gasteiger partial charge in [-0.05, 0) is 6.42 Å². The zero-order valence-electron chi connectivity index (χ0n) is 6.14. The van der Waals surface area contributed by atoms with E-state index in [9.17, 15) is 0 Å². The van der Waals surface area contributed by atoms with E-state index in [2.05, 4.69) is 13.8 Å². The van der Waals surface area contributed by atoms with Crippen molar-refractivity contribution in [3.63, 3.8) is 0 Å². The van der Waals surface area contributed by atoms with Gasteiger partial charge in [-0.15, -0.1) is 0 Å². The van der Waals surface area contributed by atoms with E-state index in [4.69, 9.17) is 10.2 Å². The summed E-state index contributed by atoms with van der Waals surface area (Å²) < 4.78 is 0. The summed E-state index contributed by atoms with van der Waals surface area (Å²) in [7, 11) is 0. The molecule has 0 atom stereocenters. The van der Waals surface area contributed by atoms with E-state index in [1.807, 2.05) is 0 Å². The third kappa shape index (κ3) is 32.6. The number of aliphatic hydroxyl groups is 2. The quantitative estimate of drug-likeness (QED) is 0.602. The van der Waals surface area contributed by atoms with Crippen LogP contribution >= 0.6 is 0 Å². The highest BCUT2D eigenvalue weighted by atomic mass is 16.3. The van der Waals surface area contributed by atoms with Crippen LogP contribution in [-0.2, 0) is 0 Å². The molecule has 0 aliphatic rings. The van der Waals surface area contributed by atoms with Crippen LogP contribution in [0.1, 0.15) is 26.2 Å². The zero-order chi connectivity index (χ0) is 7.54. The number of rotatable bonds is 3. The molecule has 0 aliphatic heterocycles. The first-order chi connectivity index (χ1) is 4.33. The van der Waals surface area contributed by atoms with Crippen LogP contribution in [0.4, 0.5) is 0 Å². The van der Waals surface area contributed by atoms with Crippen molar-refractivity contribution < 1.29 is 10.2 Å². The Bertz CT molecular complexity index is 26.1. The number of unbranched alkanes of at least 4 members (excludes halogenated alkanes) is 1. The van der Waals surface area contributed by atoms with E-state index < -0.39 is 0 Å². The Labute approximate surface area is 57.5 Å². The lowest BCUT2D eigenvalue weighted by Crippen LogP contribution is -1.85. The second-order valence-corrected chi connectivity index (χ2v) is 1.65. The van der Waals surface area contributed by atoms with E-state index in [0.29, 0.717) is 6.42 Å². The summed E-state index contributed by atoms with van der Waals surface area (Å²) in [5.41, 5.74) is 0. The normalized spacial score (nSPS) is 8.00. The van der Waals surface area contributed by atoms with Crippen molar-refractivity contribution in [1.82, 2.24) is 0 Å². The van der Waals surface area contributed by atoms with Crippen molar-refractivity contribution in [3.8, 4) is 0 Å². The maximum absolute atomic E-state index is 7.91. The van der Waals surface area contributed by atoms with Crippen molar-refractivity contribution in [1.29, 1.82) is 0 Å². The first kappa shape index (κ1) is 11.7. The van der Waals surface area contributed by atoms with E-state index in [0.717, 1.165) is 6.42 Å². The average molecular weight is 133 g/mol. The molecule has 2 nitrogen and oxygen atoms in total. The highest BCUT2D eigenvalue weighted by Gasteiger charge is 1.70. The Hall–Kier alpha value is -0.0800. The van der Waals surface area contributed by atoms with Gasteiger partial charge in [0.15, 0.2) is 0 Å². The minimum absolute atomic E-state index is 0.0938. The van der Waals surface area contributed by atoms with Crippen molar-refractivity contribution in [2.75, 3.05) is 13.2 Å². The summed E-state index contributed by atoms with van der Waals surface area (Å²) in [5.74, 6) is 0. The first-order valence-electron chi connectivity index (χ1n) is 3.34. The minimum atomic E-state index is 0.0938. The van der Waals surface area contributed by atoms with Gasteiger partial charge < -0.3 is 10.2 Å². The van der Waals surface area contributed by atoms with Crippen LogP contribution in [0, 0.1) is 6.92 Å². The Morgan fingerprint density at radius 2 is 1.56 bits per heavy atom. The van der Waals surface area contributed by atoms with Gasteiger partial charge >= 0.3 is 0 Å². The number of aliphatic hydroxyl groups excluding tert-OH is 2. The van der Waals surface area contributed by atoms with Crippen LogP contribution in [0.2, 0.25) is 0 Å². The lowest BCUT2D eigenvalue weighted by molar-refractivity contribution is 0.221. The molecule has 0 aliphatic carbocycles. The molecule has 57 valence electrons. The molecule has 0 aromatic heterocycles. The summed E-state index contributed by atoms with van der Waals surface area (Å²) in [6, 6.07) is 0. The second kappa shape index (κ2) is 15.7. The lowest BCUT2D eigenvalue weighted by Gasteiger charge is -1.79. The lowest BCUT2D eigenvalue weighted by atomic mass is 10.4. The molecule has 9 heavy (non-hydrogen) atoms. The summed E-state index contributed by atoms with van der Waals surface area (Å²) in [6.07, 6.45) is 2.78. The largest absolute Gasteiger partial charge is 0.396 e. The van der Waals surface area contributed by atoms with Gasteiger partial charge in [0.2, 0.25) is 0 Å². The fourth-order valence-electron chi connectivity index (χ4n) is 0.0707. The molecule has 2 heteroatoms. The molecule has 0 rings (SSSR count). The van der Waals surface area contributed by atoms with Gasteiger partial charge in [0.25, 0.3) is 0 Å². The standard InChI is InChI=1S/C4H9.C3H8O2/c1-3-4-2;4-2-1-3-5/h1,3-4H2,2H3;4-5H,1-3H2. The topological polar surface area (TPSA) is 40.5 Å². The Morgan fingerprint density at radius 3 is 1.56 bits per heavy atom. The van der Waals surface area contributed by atoms with Gasteiger partial charge in [-0.25, -0.2) is 0 Å². The molecule has 0 spiro atoms. The van der Waals surface area contributed by atoms with Gasteiger partial charge in [-0.3, -0.25) is 0 Å². The first-order valence-corrected chi connectivity index (χ1v) is 3.34. The minimum Gasteiger partial charge on any atom is -0.396 e. The van der Waals surface area contributed by atoms with Crippen molar-refractivity contribution in [2.24, 2.45) is 0 Å². The Balaban J connectivity index is 0. The molecule has 0 heterocycles. The highest BCUT2D eigenvalue weighted by Crippen LogP contribution is 1.76. The molecule has 0 aromatic carbocycles. The molecule has 0 saturated carbocycles. The number of hydrogen-bond acceptors (Lipinski definition) is 2. The van der Waals surface area contributed by atoms with E-state index in [1.165, 1.54) is 6.42 Å². The van der Waals surface area contributed by atoms with E-state index in [-0.39, 0.29) is 13.2 Å². The van der Waals surface area contributed by atoms with Crippen LogP contribution in [0.15, 0.2) is 0 Å². The number of hydrogen-bond donors (Lipinski definition) is 2. The van der Waals surface area contributed by atoms with Gasteiger partial charge in [-0.1, -0.05) is 26.7 Å². The average Bonchev–Trinajstić information content (AvgIpc) is 1.91. The summed E-state index contributed by atoms with van der Waals surface area (Å²) in [5, 5.41) is 15.8. The molecule has 0 aromatic rings. The monoisotopic (exact) mass is 133 g/mol. The smallest absolute Gasteiger partial charge is 0.0452 e. The van der Waals surface area contributed by atoms with Crippen LogP contribution in [0.25, 0.3) is 0 Å². The SMILES string of the molecule is OCCCO.[CH2]CCC. The highest BCUT2D eigenvalue weighted by molar-refractivity contribution is 4.29. The molecular formula is C7H17O2. The molecule has 0 bridgehead atoms. The third-order valence-corrected chi connectivity index (χ3v) is 0.670. The van der Waals surface area contributed by atoms with Crippen molar-refractivity contribution in [2.45, 2.75) is 26.2 Å². The molecule has 0 fully saturated rings. The molecule has 0 unspecified atom stereocenters. The summed E-state index contributed by atoms with van der Waals surface area (Å²) in [6.45, 7) is 5.91. The fourth-order valence-corrected chi connectivity index (χ4v) is 0.0707. The third-order valence-electron chi connectivity index (χ3n) is 0.670. The predicted octanol–water partition coefficient (Wildman–Crippen LogP) is 0.982. The predicted molar refractivity (Wildman–Crippen MR) is 39.1 cm³/mol. The van der Waals surface area contributed by atoms with Crippen LogP contribution in [-0.4, -0.2) is 23.4 Å². The van der Waals surface area contributed by atoms with Crippen LogP contribution < -0.4 is 0 Å². The van der Waals surface area contributed by atoms with Gasteiger partial charge in [0, 0.05) is 13.2 Å². The zero-order valence-corrected chi connectivity index (χ0v) is 6.14. The molecule has 0 amide bonds. The molecule has 0 saturated heterocycles. The van der Waals surface area contributed by atoms with Crippen molar-refractivity contribution in [3.05, 3.63) is 6.92 Å². The Kier molecular flexibility index (Phi) is 20.3. The van der Waals surface area contributed by atoms with Gasteiger partial charge in [-0.2, -0.15) is 0 Å². The van der Waals surface area contributed by atoms with Crippen molar-refractivity contribution >= 4 is 0 Å². The maximum atomic E-state index is 7.91. The summed E-state index contributed by atoms with van der Waals surface area (Å²) in [4.78, 5) is 0. The van der Waals surface area contributed by atoms with E-state index in [1.54, 1.807) is 0 Å².